The van der Waals surface area contributed by atoms with Crippen molar-refractivity contribution in [2.75, 3.05) is 0 Å². The van der Waals surface area contributed by atoms with Crippen molar-refractivity contribution >= 4 is 7.74 Å². The molecule has 0 radical (unpaired) electrons. The summed E-state index contributed by atoms with van der Waals surface area (Å²) in [7, 11) is 0. The summed E-state index contributed by atoms with van der Waals surface area (Å²) in [4.78, 5) is 0. The Morgan fingerprint density at radius 3 is 1.23 bits per heavy atom. The summed E-state index contributed by atoms with van der Waals surface area (Å²) in [5.41, 5.74) is 7.54. The molecular formula is C38H34F4N2O2Ti. The van der Waals surface area contributed by atoms with Crippen molar-refractivity contribution < 1.29 is 43.6 Å². The Hall–Kier alpha value is -3.69. The third-order valence-electron chi connectivity index (χ3n) is 10.7. The molecule has 0 atom stereocenters. The number of ether oxygens (including phenoxy) is 2. The summed E-state index contributed by atoms with van der Waals surface area (Å²) in [6, 6.07) is 5.42. The second-order valence-corrected chi connectivity index (χ2v) is 18.7. The van der Waals surface area contributed by atoms with Crippen LogP contribution in [-0.4, -0.2) is 9.13 Å². The predicted octanol–water partition coefficient (Wildman–Crippen LogP) is 7.91. The molecule has 4 nitrogen and oxygen atoms in total. The first-order valence-electron chi connectivity index (χ1n) is 15.9. The summed E-state index contributed by atoms with van der Waals surface area (Å²) in [5.74, 6) is -3.14. The molecule has 2 aromatic carbocycles. The number of allylic oxidation sites excluding steroid dienone is 8. The first kappa shape index (κ1) is 30.6. The first-order chi connectivity index (χ1) is 22.7. The zero-order chi connectivity index (χ0) is 32.8. The monoisotopic (exact) mass is 674 g/mol. The normalized spacial score (nSPS) is 16.8. The topological polar surface area (TPSA) is 28.3 Å². The average molecular weight is 675 g/mol. The Balaban J connectivity index is 1.47. The third kappa shape index (κ3) is 4.18. The van der Waals surface area contributed by atoms with Gasteiger partial charge in [-0.25, -0.2) is 0 Å². The zero-order valence-electron chi connectivity index (χ0n) is 26.7. The van der Waals surface area contributed by atoms with Crippen molar-refractivity contribution in [1.82, 2.24) is 9.13 Å². The number of fused-ring (bicyclic) bond motifs is 2. The van der Waals surface area contributed by atoms with E-state index in [1.54, 1.807) is 9.13 Å². The average Bonchev–Trinajstić information content (AvgIpc) is 3.89. The Kier molecular flexibility index (Phi) is 7.30. The van der Waals surface area contributed by atoms with Crippen molar-refractivity contribution in [2.45, 2.75) is 67.0 Å². The molecule has 47 heavy (non-hydrogen) atoms. The van der Waals surface area contributed by atoms with Gasteiger partial charge in [-0.1, -0.05) is 0 Å². The summed E-state index contributed by atoms with van der Waals surface area (Å²) in [6.45, 7) is 9.27. The van der Waals surface area contributed by atoms with Crippen LogP contribution in [0.4, 0.5) is 17.6 Å². The van der Waals surface area contributed by atoms with Gasteiger partial charge in [0.2, 0.25) is 0 Å². The second-order valence-electron chi connectivity index (χ2n) is 12.8. The SMILES string of the molecule is Cc1c2c(c(C)n1-c1ccc(F)[c]([Ti]([C]3=CC=CC3)([C]3=CC=CC3)[c]3c(F)ccc(-n4c(C)c5c(c4C)COC5)c3F)c1F)COC2. The van der Waals surface area contributed by atoms with Crippen LogP contribution in [0.25, 0.3) is 11.4 Å². The number of benzene rings is 2. The van der Waals surface area contributed by atoms with E-state index in [0.717, 1.165) is 45.0 Å². The molecule has 0 fully saturated rings. The molecule has 9 heteroatoms. The Morgan fingerprint density at radius 2 is 0.915 bits per heavy atom. The number of nitrogens with zero attached hydrogens (tertiary/aromatic N) is 2. The van der Waals surface area contributed by atoms with E-state index in [2.05, 4.69) is 0 Å². The number of halogens is 4. The van der Waals surface area contributed by atoms with Gasteiger partial charge < -0.3 is 0 Å². The number of hydrogen-bond donors (Lipinski definition) is 0. The van der Waals surface area contributed by atoms with E-state index in [1.807, 2.05) is 64.2 Å². The van der Waals surface area contributed by atoms with Crippen LogP contribution in [0, 0.1) is 51.0 Å². The fourth-order valence-corrected chi connectivity index (χ4v) is 16.7. The molecule has 0 N–H and O–H groups in total. The number of hydrogen-bond acceptors (Lipinski definition) is 2. The number of rotatable bonds is 6. The van der Waals surface area contributed by atoms with E-state index >= 15 is 17.6 Å². The third-order valence-corrected chi connectivity index (χ3v) is 18.6. The molecule has 0 saturated carbocycles. The van der Waals surface area contributed by atoms with Crippen LogP contribution >= 0.6 is 0 Å². The van der Waals surface area contributed by atoms with Crippen molar-refractivity contribution in [3.05, 3.63) is 137 Å². The van der Waals surface area contributed by atoms with Crippen LogP contribution in [0.3, 0.4) is 0 Å². The Labute approximate surface area is 274 Å². The van der Waals surface area contributed by atoms with Gasteiger partial charge in [0.05, 0.1) is 0 Å². The van der Waals surface area contributed by atoms with Gasteiger partial charge in [-0.2, -0.15) is 0 Å². The van der Waals surface area contributed by atoms with Crippen molar-refractivity contribution in [3.8, 4) is 11.4 Å². The van der Waals surface area contributed by atoms with E-state index in [1.165, 1.54) is 24.3 Å². The summed E-state index contributed by atoms with van der Waals surface area (Å²) >= 11 is -5.05. The van der Waals surface area contributed by atoms with Crippen LogP contribution in [0.15, 0.2) is 68.5 Å². The molecule has 2 aliphatic carbocycles. The Bertz CT molecular complexity index is 1940. The molecule has 4 aromatic rings. The van der Waals surface area contributed by atoms with Gasteiger partial charge in [-0.05, 0) is 0 Å². The van der Waals surface area contributed by atoms with Gasteiger partial charge in [0.1, 0.15) is 0 Å². The maximum absolute atomic E-state index is 17.6. The van der Waals surface area contributed by atoms with Gasteiger partial charge >= 0.3 is 276 Å². The first-order valence-corrected chi connectivity index (χ1v) is 19.0. The zero-order valence-corrected chi connectivity index (χ0v) is 28.3. The molecule has 2 aliphatic heterocycles. The molecule has 4 heterocycles. The van der Waals surface area contributed by atoms with Crippen molar-refractivity contribution in [1.29, 1.82) is 0 Å². The quantitative estimate of drug-likeness (QED) is 0.154. The molecule has 8 rings (SSSR count). The molecule has 0 unspecified atom stereocenters. The van der Waals surface area contributed by atoms with Crippen LogP contribution in [-0.2, 0) is 52.5 Å². The van der Waals surface area contributed by atoms with E-state index in [4.69, 9.17) is 9.47 Å². The van der Waals surface area contributed by atoms with Crippen LogP contribution in [0.5, 0.6) is 0 Å². The standard InChI is InChI=1S/2C14H12F2NO.2C5H5.Ti/c2*1-8-11-6-18-7-12(11)9(2)17(8)14-4-3-10(15)5-13(14)16;2*1-2-4-5-3-1;/h2*3-4H,6-7H2,1-2H3;2*1-3H,4H2;. The fraction of sp³-hybridized carbons (Fsp3) is 0.263. The summed E-state index contributed by atoms with van der Waals surface area (Å²) < 4.78 is 84.7. The fourth-order valence-electron chi connectivity index (χ4n) is 8.46. The minimum absolute atomic E-state index is 0.171. The second kappa shape index (κ2) is 11.2. The van der Waals surface area contributed by atoms with Crippen LogP contribution in [0.1, 0.15) is 57.9 Å². The van der Waals surface area contributed by atoms with Crippen LogP contribution in [0.2, 0.25) is 0 Å². The summed E-state index contributed by atoms with van der Waals surface area (Å²) in [5, 5.41) is 0. The van der Waals surface area contributed by atoms with Gasteiger partial charge in [0.25, 0.3) is 0 Å². The molecule has 0 spiro atoms. The predicted molar refractivity (Wildman–Crippen MR) is 170 cm³/mol. The molecule has 0 bridgehead atoms. The van der Waals surface area contributed by atoms with Gasteiger partial charge in [0, 0.05) is 0 Å². The molecular weight excluding hydrogens is 640 g/mol. The van der Waals surface area contributed by atoms with Crippen molar-refractivity contribution in [2.24, 2.45) is 0 Å². The minimum atomic E-state index is -5.05. The van der Waals surface area contributed by atoms with E-state index in [0.29, 0.717) is 47.0 Å². The molecule has 2 aromatic heterocycles. The van der Waals surface area contributed by atoms with E-state index in [9.17, 15) is 0 Å². The molecule has 240 valence electrons. The van der Waals surface area contributed by atoms with E-state index < -0.39 is 39.9 Å². The number of aromatic nitrogens is 2. The van der Waals surface area contributed by atoms with E-state index in [-0.39, 0.29) is 19.1 Å². The van der Waals surface area contributed by atoms with Crippen LogP contribution < -0.4 is 7.74 Å². The van der Waals surface area contributed by atoms with Gasteiger partial charge in [-0.15, -0.1) is 0 Å². The van der Waals surface area contributed by atoms with Gasteiger partial charge in [-0.3, -0.25) is 0 Å². The Morgan fingerprint density at radius 1 is 0.553 bits per heavy atom. The van der Waals surface area contributed by atoms with Crippen molar-refractivity contribution in [3.63, 3.8) is 0 Å². The summed E-state index contributed by atoms with van der Waals surface area (Å²) in [6.07, 6.45) is 11.8. The molecule has 0 amide bonds. The maximum atomic E-state index is 17.6. The molecule has 4 aliphatic rings. The molecule has 0 saturated heterocycles. The van der Waals surface area contributed by atoms with Gasteiger partial charge in [0.15, 0.2) is 0 Å².